The van der Waals surface area contributed by atoms with Crippen molar-refractivity contribution in [2.24, 2.45) is 0 Å². The van der Waals surface area contributed by atoms with E-state index in [9.17, 15) is 15.0 Å². The molecule has 0 amide bonds. The summed E-state index contributed by atoms with van der Waals surface area (Å²) < 4.78 is 10.6. The molecule has 0 fully saturated rings. The Balaban J connectivity index is 1.57. The first kappa shape index (κ1) is 25.4. The van der Waals surface area contributed by atoms with Crippen LogP contribution in [0.5, 0.6) is 5.75 Å². The summed E-state index contributed by atoms with van der Waals surface area (Å²) in [5, 5.41) is 24.0. The first-order chi connectivity index (χ1) is 16.3. The number of aliphatic hydroxyl groups is 2. The number of benzene rings is 3. The molecule has 0 heterocycles. The summed E-state index contributed by atoms with van der Waals surface area (Å²) in [6.07, 6.45) is -0.0237. The van der Waals surface area contributed by atoms with Gasteiger partial charge in [-0.1, -0.05) is 48.5 Å². The Labute approximate surface area is 201 Å². The van der Waals surface area contributed by atoms with Gasteiger partial charge < -0.3 is 25.0 Å². The van der Waals surface area contributed by atoms with Crippen LogP contribution in [0.3, 0.4) is 0 Å². The predicted molar refractivity (Wildman–Crippen MR) is 132 cm³/mol. The van der Waals surface area contributed by atoms with E-state index >= 15 is 0 Å². The van der Waals surface area contributed by atoms with E-state index < -0.39 is 6.10 Å². The summed E-state index contributed by atoms with van der Waals surface area (Å²) in [6, 6.07) is 22.6. The smallest absolute Gasteiger partial charge is 0.337 e. The molecule has 3 rings (SSSR count). The van der Waals surface area contributed by atoms with Crippen LogP contribution in [0.4, 0.5) is 0 Å². The van der Waals surface area contributed by atoms with Crippen molar-refractivity contribution in [3.05, 3.63) is 101 Å². The van der Waals surface area contributed by atoms with Crippen molar-refractivity contribution >= 4 is 5.97 Å². The van der Waals surface area contributed by atoms with Gasteiger partial charge in [0.15, 0.2) is 0 Å². The molecule has 0 aliphatic rings. The Morgan fingerprint density at radius 3 is 2.35 bits per heavy atom. The van der Waals surface area contributed by atoms with Crippen LogP contribution in [-0.2, 0) is 24.4 Å². The van der Waals surface area contributed by atoms with Crippen LogP contribution in [0.25, 0.3) is 0 Å². The molecule has 0 saturated heterocycles. The zero-order valence-electron chi connectivity index (χ0n) is 20.0. The molecular formula is C28H33NO5. The van der Waals surface area contributed by atoms with Crippen molar-refractivity contribution < 1.29 is 24.5 Å². The molecule has 34 heavy (non-hydrogen) atoms. The van der Waals surface area contributed by atoms with Crippen molar-refractivity contribution in [1.82, 2.24) is 5.32 Å². The van der Waals surface area contributed by atoms with Crippen molar-refractivity contribution in [3.63, 3.8) is 0 Å². The summed E-state index contributed by atoms with van der Waals surface area (Å²) in [4.78, 5) is 11.6. The monoisotopic (exact) mass is 463 g/mol. The summed E-state index contributed by atoms with van der Waals surface area (Å²) in [5.41, 5.74) is 3.69. The van der Waals surface area contributed by atoms with Crippen LogP contribution in [0.2, 0.25) is 0 Å². The third-order valence-electron chi connectivity index (χ3n) is 5.67. The quantitative estimate of drug-likeness (QED) is 0.370. The topological polar surface area (TPSA) is 88.0 Å². The highest BCUT2D eigenvalue weighted by Gasteiger charge is 2.21. The number of carbonyl (C=O) groups excluding carboxylic acids is 1. The Morgan fingerprint density at radius 2 is 1.71 bits per heavy atom. The minimum absolute atomic E-state index is 0.175. The highest BCUT2D eigenvalue weighted by atomic mass is 16.5. The zero-order valence-corrected chi connectivity index (χ0v) is 20.0. The number of hydrogen-bond acceptors (Lipinski definition) is 6. The first-order valence-corrected chi connectivity index (χ1v) is 11.3. The molecule has 1 unspecified atom stereocenters. The highest BCUT2D eigenvalue weighted by molar-refractivity contribution is 5.89. The van der Waals surface area contributed by atoms with Crippen LogP contribution in [0.1, 0.15) is 52.6 Å². The lowest BCUT2D eigenvalue weighted by molar-refractivity contribution is 0.0600. The van der Waals surface area contributed by atoms with E-state index in [1.807, 2.05) is 48.5 Å². The summed E-state index contributed by atoms with van der Waals surface area (Å²) in [6.45, 7) is 4.71. The second kappa shape index (κ2) is 11.8. The van der Waals surface area contributed by atoms with Crippen molar-refractivity contribution in [3.8, 4) is 5.75 Å². The molecule has 0 aliphatic heterocycles. The minimum atomic E-state index is -0.741. The number of β-amino-alcohol motifs (C(OH)–C–C–N with tert-alkyl or cyclic N) is 1. The zero-order chi connectivity index (χ0) is 24.6. The van der Waals surface area contributed by atoms with E-state index in [2.05, 4.69) is 19.2 Å². The normalized spacial score (nSPS) is 12.3. The number of aliphatic hydroxyl groups excluding tert-OH is 2. The van der Waals surface area contributed by atoms with Gasteiger partial charge in [0.2, 0.25) is 0 Å². The number of carbonyl (C=O) groups is 1. The fourth-order valence-corrected chi connectivity index (χ4v) is 3.75. The van der Waals surface area contributed by atoms with Gasteiger partial charge in [-0.05, 0) is 61.2 Å². The van der Waals surface area contributed by atoms with Gasteiger partial charge in [-0.25, -0.2) is 4.79 Å². The second-order valence-electron chi connectivity index (χ2n) is 8.95. The number of rotatable bonds is 11. The van der Waals surface area contributed by atoms with Gasteiger partial charge in [0.05, 0.1) is 25.4 Å². The van der Waals surface area contributed by atoms with Crippen molar-refractivity contribution in [1.29, 1.82) is 0 Å². The fraction of sp³-hybridized carbons (Fsp3) is 0.321. The largest absolute Gasteiger partial charge is 0.489 e. The van der Waals surface area contributed by atoms with Crippen LogP contribution in [-0.4, -0.2) is 35.4 Å². The van der Waals surface area contributed by atoms with E-state index in [1.165, 1.54) is 7.11 Å². The SMILES string of the molecule is COC(=O)c1ccc(CC(C)(C)NCC(O)c2ccc(OCc3ccccc3)c(CO)c2)cc1. The Hall–Kier alpha value is -3.19. The minimum Gasteiger partial charge on any atom is -0.489 e. The maximum Gasteiger partial charge on any atom is 0.337 e. The lowest BCUT2D eigenvalue weighted by atomic mass is 9.93. The molecule has 0 radical (unpaired) electrons. The maximum atomic E-state index is 11.6. The average Bonchev–Trinajstić information content (AvgIpc) is 2.86. The first-order valence-electron chi connectivity index (χ1n) is 11.3. The van der Waals surface area contributed by atoms with E-state index in [0.717, 1.165) is 17.5 Å². The molecule has 6 heteroatoms. The molecule has 1 atom stereocenters. The maximum absolute atomic E-state index is 11.6. The molecule has 0 spiro atoms. The Morgan fingerprint density at radius 1 is 1.00 bits per heavy atom. The fourth-order valence-electron chi connectivity index (χ4n) is 3.75. The summed E-state index contributed by atoms with van der Waals surface area (Å²) in [5.74, 6) is 0.247. The molecule has 3 aromatic carbocycles. The highest BCUT2D eigenvalue weighted by Crippen LogP contribution is 2.25. The number of ether oxygens (including phenoxy) is 2. The molecule has 0 saturated carbocycles. The van der Waals surface area contributed by atoms with Gasteiger partial charge in [-0.3, -0.25) is 0 Å². The number of hydrogen-bond donors (Lipinski definition) is 3. The molecule has 0 bridgehead atoms. The van der Waals surface area contributed by atoms with Crippen LogP contribution >= 0.6 is 0 Å². The van der Waals surface area contributed by atoms with Crippen molar-refractivity contribution in [2.75, 3.05) is 13.7 Å². The third-order valence-corrected chi connectivity index (χ3v) is 5.67. The van der Waals surface area contributed by atoms with E-state index in [0.29, 0.717) is 35.6 Å². The molecule has 180 valence electrons. The van der Waals surface area contributed by atoms with Crippen molar-refractivity contribution in [2.45, 2.75) is 45.1 Å². The van der Waals surface area contributed by atoms with Gasteiger partial charge in [0.1, 0.15) is 12.4 Å². The number of nitrogens with one attached hydrogen (secondary N) is 1. The lowest BCUT2D eigenvalue weighted by Crippen LogP contribution is -2.43. The molecule has 3 N–H and O–H groups in total. The van der Waals surface area contributed by atoms with Gasteiger partial charge in [-0.2, -0.15) is 0 Å². The van der Waals surface area contributed by atoms with Gasteiger partial charge >= 0.3 is 5.97 Å². The van der Waals surface area contributed by atoms with Gasteiger partial charge in [0.25, 0.3) is 0 Å². The van der Waals surface area contributed by atoms with Gasteiger partial charge in [0, 0.05) is 17.6 Å². The molecule has 0 aliphatic carbocycles. The van der Waals surface area contributed by atoms with E-state index in [4.69, 9.17) is 9.47 Å². The molecule has 0 aromatic heterocycles. The standard InChI is InChI=1S/C28H33NO5/c1-28(2,16-20-9-11-22(12-10-20)27(32)33-3)29-17-25(31)23-13-14-26(24(15-23)18-30)34-19-21-7-5-4-6-8-21/h4-15,25,29-31H,16-19H2,1-3H3. The van der Waals surface area contributed by atoms with E-state index in [1.54, 1.807) is 24.3 Å². The lowest BCUT2D eigenvalue weighted by Gasteiger charge is -2.28. The van der Waals surface area contributed by atoms with E-state index in [-0.39, 0.29) is 18.1 Å². The van der Waals surface area contributed by atoms with Gasteiger partial charge in [-0.15, -0.1) is 0 Å². The summed E-state index contributed by atoms with van der Waals surface area (Å²) in [7, 11) is 1.36. The molecular weight excluding hydrogens is 430 g/mol. The van der Waals surface area contributed by atoms with Crippen LogP contribution in [0, 0.1) is 0 Å². The van der Waals surface area contributed by atoms with Crippen LogP contribution < -0.4 is 10.1 Å². The van der Waals surface area contributed by atoms with Crippen LogP contribution in [0.15, 0.2) is 72.8 Å². The molecule has 3 aromatic rings. The second-order valence-corrected chi connectivity index (χ2v) is 8.95. The average molecular weight is 464 g/mol. The summed E-state index contributed by atoms with van der Waals surface area (Å²) >= 11 is 0. The number of methoxy groups -OCH3 is 1. The Kier molecular flexibility index (Phi) is 8.82. The Bertz CT molecular complexity index is 1060. The third kappa shape index (κ3) is 7.15. The predicted octanol–water partition coefficient (Wildman–Crippen LogP) is 4.19. The molecule has 6 nitrogen and oxygen atoms in total. The number of esters is 1.